The summed E-state index contributed by atoms with van der Waals surface area (Å²) in [5.74, 6) is 0.310. The Kier molecular flexibility index (Phi) is 5.90. The molecule has 16 heavy (non-hydrogen) atoms. The summed E-state index contributed by atoms with van der Waals surface area (Å²) in [5.41, 5.74) is 0. The highest BCUT2D eigenvalue weighted by molar-refractivity contribution is 5.81. The van der Waals surface area contributed by atoms with Crippen LogP contribution in [0.15, 0.2) is 0 Å². The highest BCUT2D eigenvalue weighted by Gasteiger charge is 2.16. The average molecular weight is 227 g/mol. The summed E-state index contributed by atoms with van der Waals surface area (Å²) >= 11 is 0. The van der Waals surface area contributed by atoms with Crippen LogP contribution in [-0.4, -0.2) is 25.0 Å². The molecule has 1 fully saturated rings. The van der Waals surface area contributed by atoms with Gasteiger partial charge in [0.15, 0.2) is 0 Å². The van der Waals surface area contributed by atoms with Gasteiger partial charge in [0.25, 0.3) is 0 Å². The van der Waals surface area contributed by atoms with Gasteiger partial charge >= 0.3 is 5.97 Å². The zero-order valence-electron chi connectivity index (χ0n) is 9.96. The number of nitrogens with one attached hydrogen (secondary N) is 1. The molecule has 1 N–H and O–H groups in total. The van der Waals surface area contributed by atoms with Crippen molar-refractivity contribution >= 4 is 11.9 Å². The van der Waals surface area contributed by atoms with Crippen LogP contribution in [-0.2, 0) is 14.3 Å². The van der Waals surface area contributed by atoms with Crippen LogP contribution >= 0.6 is 0 Å². The molecule has 1 aliphatic rings. The normalized spacial score (nSPS) is 16.1. The highest BCUT2D eigenvalue weighted by atomic mass is 16.5. The minimum Gasteiger partial charge on any atom is -0.465 e. The molecule has 0 aromatic heterocycles. The van der Waals surface area contributed by atoms with E-state index in [-0.39, 0.29) is 18.4 Å². The van der Waals surface area contributed by atoms with E-state index in [9.17, 15) is 9.59 Å². The van der Waals surface area contributed by atoms with E-state index in [1.54, 1.807) is 6.92 Å². The number of carbonyl (C=O) groups excluding carboxylic acids is 2. The molecular formula is C12H21NO3. The third-order valence-corrected chi connectivity index (χ3v) is 2.99. The molecule has 1 rings (SSSR count). The number of amides is 1. The summed E-state index contributed by atoms with van der Waals surface area (Å²) in [6, 6.07) is 0. The van der Waals surface area contributed by atoms with Gasteiger partial charge in [0.2, 0.25) is 5.91 Å². The lowest BCUT2D eigenvalue weighted by Crippen LogP contribution is -2.30. The van der Waals surface area contributed by atoms with Gasteiger partial charge in [-0.25, -0.2) is 0 Å². The number of rotatable bonds is 6. The molecule has 1 aliphatic carbocycles. The zero-order chi connectivity index (χ0) is 11.8. The second kappa shape index (κ2) is 7.25. The quantitative estimate of drug-likeness (QED) is 0.702. The number of hydrogen-bond acceptors (Lipinski definition) is 3. The molecule has 0 bridgehead atoms. The second-order valence-corrected chi connectivity index (χ2v) is 4.27. The van der Waals surface area contributed by atoms with Crippen molar-refractivity contribution in [3.8, 4) is 0 Å². The fourth-order valence-electron chi connectivity index (χ4n) is 2.11. The summed E-state index contributed by atoms with van der Waals surface area (Å²) in [6.07, 6.45) is 6.60. The monoisotopic (exact) mass is 227 g/mol. The average Bonchev–Trinajstić information content (AvgIpc) is 2.77. The van der Waals surface area contributed by atoms with Gasteiger partial charge in [-0.2, -0.15) is 0 Å². The van der Waals surface area contributed by atoms with E-state index in [2.05, 4.69) is 5.32 Å². The molecule has 1 saturated carbocycles. The molecule has 0 spiro atoms. The molecule has 0 radical (unpaired) electrons. The van der Waals surface area contributed by atoms with Crippen LogP contribution in [0.5, 0.6) is 0 Å². The molecule has 4 heteroatoms. The smallest absolute Gasteiger partial charge is 0.325 e. The van der Waals surface area contributed by atoms with Crippen molar-refractivity contribution < 1.29 is 14.3 Å². The van der Waals surface area contributed by atoms with Gasteiger partial charge in [-0.1, -0.05) is 25.7 Å². The van der Waals surface area contributed by atoms with Crippen LogP contribution in [0.25, 0.3) is 0 Å². The first-order valence-corrected chi connectivity index (χ1v) is 6.14. The zero-order valence-corrected chi connectivity index (χ0v) is 9.96. The van der Waals surface area contributed by atoms with Crippen LogP contribution < -0.4 is 5.32 Å². The van der Waals surface area contributed by atoms with E-state index in [4.69, 9.17) is 4.74 Å². The molecule has 0 aliphatic heterocycles. The third-order valence-electron chi connectivity index (χ3n) is 2.99. The summed E-state index contributed by atoms with van der Waals surface area (Å²) < 4.78 is 4.72. The van der Waals surface area contributed by atoms with Gasteiger partial charge in [0.1, 0.15) is 6.54 Å². The van der Waals surface area contributed by atoms with E-state index in [0.29, 0.717) is 18.9 Å². The molecule has 0 aromatic carbocycles. The fraction of sp³-hybridized carbons (Fsp3) is 0.833. The predicted molar refractivity (Wildman–Crippen MR) is 60.8 cm³/mol. The van der Waals surface area contributed by atoms with Crippen LogP contribution in [0.4, 0.5) is 0 Å². The van der Waals surface area contributed by atoms with E-state index in [1.807, 2.05) is 0 Å². The van der Waals surface area contributed by atoms with Crippen LogP contribution in [0, 0.1) is 5.92 Å². The predicted octanol–water partition coefficient (Wildman–Crippen LogP) is 1.64. The number of esters is 1. The molecule has 0 atom stereocenters. The Morgan fingerprint density at radius 1 is 1.31 bits per heavy atom. The Hall–Kier alpha value is -1.06. The number of ether oxygens (including phenoxy) is 1. The van der Waals surface area contributed by atoms with E-state index in [1.165, 1.54) is 25.7 Å². The van der Waals surface area contributed by atoms with Crippen molar-refractivity contribution in [2.24, 2.45) is 5.92 Å². The topological polar surface area (TPSA) is 55.4 Å². The van der Waals surface area contributed by atoms with Crippen molar-refractivity contribution in [2.45, 2.75) is 45.4 Å². The SMILES string of the molecule is CCOC(=O)CNC(=O)CCC1CCCC1. The molecule has 0 unspecified atom stereocenters. The largest absolute Gasteiger partial charge is 0.465 e. The fourth-order valence-corrected chi connectivity index (χ4v) is 2.11. The molecular weight excluding hydrogens is 206 g/mol. The minimum atomic E-state index is -0.364. The maximum absolute atomic E-state index is 11.4. The van der Waals surface area contributed by atoms with E-state index < -0.39 is 0 Å². The lowest BCUT2D eigenvalue weighted by atomic mass is 10.0. The Morgan fingerprint density at radius 3 is 2.62 bits per heavy atom. The van der Waals surface area contributed by atoms with Gasteiger partial charge < -0.3 is 10.1 Å². The summed E-state index contributed by atoms with van der Waals surface area (Å²) in [6.45, 7) is 2.11. The first kappa shape index (κ1) is 13.0. The van der Waals surface area contributed by atoms with Gasteiger partial charge in [0.05, 0.1) is 6.61 Å². The minimum absolute atomic E-state index is 0.00264. The molecule has 1 amide bonds. The van der Waals surface area contributed by atoms with E-state index in [0.717, 1.165) is 6.42 Å². The Balaban J connectivity index is 2.04. The number of hydrogen-bond donors (Lipinski definition) is 1. The Morgan fingerprint density at radius 2 is 2.00 bits per heavy atom. The summed E-state index contributed by atoms with van der Waals surface area (Å²) in [5, 5.41) is 2.58. The van der Waals surface area contributed by atoms with Crippen molar-refractivity contribution in [1.82, 2.24) is 5.32 Å². The summed E-state index contributed by atoms with van der Waals surface area (Å²) in [4.78, 5) is 22.4. The maximum Gasteiger partial charge on any atom is 0.325 e. The van der Waals surface area contributed by atoms with Crippen LogP contribution in [0.1, 0.15) is 45.4 Å². The van der Waals surface area contributed by atoms with Crippen LogP contribution in [0.2, 0.25) is 0 Å². The first-order valence-electron chi connectivity index (χ1n) is 6.14. The van der Waals surface area contributed by atoms with Gasteiger partial charge in [-0.3, -0.25) is 9.59 Å². The Labute approximate surface area is 96.7 Å². The molecule has 0 heterocycles. The molecule has 0 saturated heterocycles. The molecule has 4 nitrogen and oxygen atoms in total. The standard InChI is InChI=1S/C12H21NO3/c1-2-16-12(15)9-13-11(14)8-7-10-5-3-4-6-10/h10H,2-9H2,1H3,(H,13,14). The first-order chi connectivity index (χ1) is 7.72. The van der Waals surface area contributed by atoms with Gasteiger partial charge in [-0.05, 0) is 19.3 Å². The van der Waals surface area contributed by atoms with Gasteiger partial charge in [-0.15, -0.1) is 0 Å². The summed E-state index contributed by atoms with van der Waals surface area (Å²) in [7, 11) is 0. The van der Waals surface area contributed by atoms with Crippen molar-refractivity contribution in [3.63, 3.8) is 0 Å². The van der Waals surface area contributed by atoms with Crippen LogP contribution in [0.3, 0.4) is 0 Å². The van der Waals surface area contributed by atoms with Crippen molar-refractivity contribution in [1.29, 1.82) is 0 Å². The van der Waals surface area contributed by atoms with E-state index >= 15 is 0 Å². The molecule has 92 valence electrons. The third kappa shape index (κ3) is 5.14. The maximum atomic E-state index is 11.4. The van der Waals surface area contributed by atoms with Crippen molar-refractivity contribution in [3.05, 3.63) is 0 Å². The lowest BCUT2D eigenvalue weighted by molar-refractivity contribution is -0.143. The highest BCUT2D eigenvalue weighted by Crippen LogP contribution is 2.28. The van der Waals surface area contributed by atoms with Crippen molar-refractivity contribution in [2.75, 3.05) is 13.2 Å². The number of carbonyl (C=O) groups is 2. The second-order valence-electron chi connectivity index (χ2n) is 4.27. The lowest BCUT2D eigenvalue weighted by Gasteiger charge is -2.08. The Bertz CT molecular complexity index is 234. The van der Waals surface area contributed by atoms with Gasteiger partial charge in [0, 0.05) is 6.42 Å². The molecule has 0 aromatic rings.